The first-order chi connectivity index (χ1) is 10.0. The number of amides is 1. The van der Waals surface area contributed by atoms with Gasteiger partial charge in [0.25, 0.3) is 0 Å². The highest BCUT2D eigenvalue weighted by Gasteiger charge is 2.37. The number of hydrogen-bond donors (Lipinski definition) is 3. The van der Waals surface area contributed by atoms with Crippen LogP contribution in [0.25, 0.3) is 0 Å². The van der Waals surface area contributed by atoms with Gasteiger partial charge in [0.15, 0.2) is 0 Å². The molecule has 0 spiro atoms. The van der Waals surface area contributed by atoms with Gasteiger partial charge in [0.1, 0.15) is 0 Å². The van der Waals surface area contributed by atoms with Crippen molar-refractivity contribution in [2.24, 2.45) is 11.7 Å². The van der Waals surface area contributed by atoms with Gasteiger partial charge in [0, 0.05) is 17.8 Å². The maximum Gasteiger partial charge on any atom is 0.229 e. The number of carbonyl (C=O) groups excluding carboxylic acids is 1. The van der Waals surface area contributed by atoms with Crippen molar-refractivity contribution in [3.05, 3.63) is 29.8 Å². The fourth-order valence-corrected chi connectivity index (χ4v) is 3.05. The van der Waals surface area contributed by atoms with Gasteiger partial charge in [-0.1, -0.05) is 31.9 Å². The van der Waals surface area contributed by atoms with Crippen LogP contribution in [0, 0.1) is 5.92 Å². The Morgan fingerprint density at radius 1 is 1.43 bits per heavy atom. The molecule has 0 aliphatic heterocycles. The highest BCUT2D eigenvalue weighted by Crippen LogP contribution is 2.32. The van der Waals surface area contributed by atoms with Crippen molar-refractivity contribution in [3.63, 3.8) is 0 Å². The molecule has 1 aromatic carbocycles. The number of benzene rings is 1. The number of rotatable bonds is 5. The molecule has 1 aliphatic rings. The van der Waals surface area contributed by atoms with E-state index in [2.05, 4.69) is 23.6 Å². The molecule has 0 aromatic heterocycles. The van der Waals surface area contributed by atoms with Crippen LogP contribution in [0.5, 0.6) is 0 Å². The van der Waals surface area contributed by atoms with Gasteiger partial charge in [-0.25, -0.2) is 0 Å². The van der Waals surface area contributed by atoms with Crippen LogP contribution in [-0.2, 0) is 11.3 Å². The fraction of sp³-hybridized carbons (Fsp3) is 0.588. The average Bonchev–Trinajstić information content (AvgIpc) is 2.45. The van der Waals surface area contributed by atoms with E-state index in [0.717, 1.165) is 44.5 Å². The lowest BCUT2D eigenvalue weighted by atomic mass is 9.74. The number of anilines is 1. The third-order valence-electron chi connectivity index (χ3n) is 4.34. The molecule has 4 N–H and O–H groups in total. The molecule has 1 saturated carbocycles. The molecule has 2 rings (SSSR count). The Kier molecular flexibility index (Phi) is 5.37. The molecule has 1 aliphatic carbocycles. The van der Waals surface area contributed by atoms with Gasteiger partial charge in [0.2, 0.25) is 5.91 Å². The van der Waals surface area contributed by atoms with Crippen LogP contribution >= 0.6 is 0 Å². The second-order valence-electron chi connectivity index (χ2n) is 6.27. The monoisotopic (exact) mass is 289 g/mol. The van der Waals surface area contributed by atoms with E-state index in [1.165, 1.54) is 5.56 Å². The lowest BCUT2D eigenvalue weighted by molar-refractivity contribution is -0.122. The van der Waals surface area contributed by atoms with Gasteiger partial charge in [0.05, 0.1) is 5.92 Å². The number of nitrogens with two attached hydrogens (primary N) is 1. The third-order valence-corrected chi connectivity index (χ3v) is 4.34. The molecule has 1 aromatic rings. The minimum Gasteiger partial charge on any atom is -0.326 e. The second-order valence-corrected chi connectivity index (χ2v) is 6.27. The zero-order valence-electron chi connectivity index (χ0n) is 13.1. The van der Waals surface area contributed by atoms with E-state index >= 15 is 0 Å². The highest BCUT2D eigenvalue weighted by molar-refractivity contribution is 5.93. The first-order valence-electron chi connectivity index (χ1n) is 7.92. The van der Waals surface area contributed by atoms with E-state index < -0.39 is 0 Å². The molecule has 0 radical (unpaired) electrons. The predicted molar refractivity (Wildman–Crippen MR) is 87.0 cm³/mol. The minimum atomic E-state index is -0.385. The Bertz CT molecular complexity index is 485. The Morgan fingerprint density at radius 2 is 2.24 bits per heavy atom. The normalized spacial score (nSPS) is 25.6. The van der Waals surface area contributed by atoms with Crippen LogP contribution in [0.2, 0.25) is 0 Å². The molecule has 4 nitrogen and oxygen atoms in total. The summed E-state index contributed by atoms with van der Waals surface area (Å²) in [6, 6.07) is 8.00. The summed E-state index contributed by atoms with van der Waals surface area (Å²) in [6.45, 7) is 5.83. The summed E-state index contributed by atoms with van der Waals surface area (Å²) in [7, 11) is 0. The van der Waals surface area contributed by atoms with Crippen LogP contribution in [0.3, 0.4) is 0 Å². The third kappa shape index (κ3) is 4.29. The minimum absolute atomic E-state index is 0.0558. The number of nitrogens with one attached hydrogen (secondary N) is 2. The highest BCUT2D eigenvalue weighted by atomic mass is 16.1. The van der Waals surface area contributed by atoms with Crippen LogP contribution in [0.15, 0.2) is 24.3 Å². The van der Waals surface area contributed by atoms with Gasteiger partial charge in [-0.2, -0.15) is 0 Å². The van der Waals surface area contributed by atoms with Gasteiger partial charge >= 0.3 is 0 Å². The summed E-state index contributed by atoms with van der Waals surface area (Å²) in [5, 5.41) is 6.33. The van der Waals surface area contributed by atoms with E-state index in [1.54, 1.807) is 0 Å². The van der Waals surface area contributed by atoms with Crippen molar-refractivity contribution < 1.29 is 4.79 Å². The summed E-state index contributed by atoms with van der Waals surface area (Å²) in [5.41, 5.74) is 7.95. The molecule has 1 amide bonds. The van der Waals surface area contributed by atoms with Crippen molar-refractivity contribution in [2.75, 3.05) is 11.9 Å². The number of hydrogen-bond acceptors (Lipinski definition) is 3. The maximum atomic E-state index is 12.5. The standard InChI is InChI=1S/C17H27N3O/c1-3-19-12-13-7-6-8-14(11-13)20-16(21)15-9-4-5-10-17(15,2)18/h6-8,11,15,19H,3-5,9-10,12,18H2,1-2H3,(H,20,21). The first kappa shape index (κ1) is 16.0. The van der Waals surface area contributed by atoms with Crippen molar-refractivity contribution in [1.29, 1.82) is 0 Å². The molecule has 2 atom stereocenters. The molecular formula is C17H27N3O. The second kappa shape index (κ2) is 7.05. The first-order valence-corrected chi connectivity index (χ1v) is 7.92. The van der Waals surface area contributed by atoms with E-state index in [4.69, 9.17) is 5.73 Å². The molecular weight excluding hydrogens is 262 g/mol. The van der Waals surface area contributed by atoms with Gasteiger partial charge < -0.3 is 16.4 Å². The van der Waals surface area contributed by atoms with E-state index in [1.807, 2.05) is 25.1 Å². The van der Waals surface area contributed by atoms with Crippen molar-refractivity contribution >= 4 is 11.6 Å². The van der Waals surface area contributed by atoms with E-state index in [9.17, 15) is 4.79 Å². The summed E-state index contributed by atoms with van der Waals surface area (Å²) in [5.74, 6) is -0.0380. The van der Waals surface area contributed by atoms with Crippen molar-refractivity contribution in [2.45, 2.75) is 51.6 Å². The quantitative estimate of drug-likeness (QED) is 0.780. The smallest absolute Gasteiger partial charge is 0.229 e. The fourth-order valence-electron chi connectivity index (χ4n) is 3.05. The Balaban J connectivity index is 2.02. The Morgan fingerprint density at radius 3 is 2.95 bits per heavy atom. The molecule has 0 heterocycles. The Labute approximate surface area is 127 Å². The summed E-state index contributed by atoms with van der Waals surface area (Å²) < 4.78 is 0. The number of carbonyl (C=O) groups is 1. The molecule has 1 fully saturated rings. The van der Waals surface area contributed by atoms with Crippen LogP contribution in [0.4, 0.5) is 5.69 Å². The topological polar surface area (TPSA) is 67.1 Å². The zero-order valence-corrected chi connectivity index (χ0v) is 13.1. The largest absolute Gasteiger partial charge is 0.326 e. The van der Waals surface area contributed by atoms with Crippen LogP contribution in [-0.4, -0.2) is 18.0 Å². The van der Waals surface area contributed by atoms with Crippen molar-refractivity contribution in [3.8, 4) is 0 Å². The molecule has 2 unspecified atom stereocenters. The lowest BCUT2D eigenvalue weighted by Crippen LogP contribution is -2.51. The average molecular weight is 289 g/mol. The summed E-state index contributed by atoms with van der Waals surface area (Å²) in [6.07, 6.45) is 4.02. The predicted octanol–water partition coefficient (Wildman–Crippen LogP) is 2.64. The lowest BCUT2D eigenvalue weighted by Gasteiger charge is -2.37. The van der Waals surface area contributed by atoms with Crippen LogP contribution in [0.1, 0.15) is 45.1 Å². The summed E-state index contributed by atoms with van der Waals surface area (Å²) >= 11 is 0. The molecule has 0 bridgehead atoms. The van der Waals surface area contributed by atoms with E-state index in [0.29, 0.717) is 0 Å². The Hall–Kier alpha value is -1.39. The molecule has 4 heteroatoms. The maximum absolute atomic E-state index is 12.5. The van der Waals surface area contributed by atoms with Gasteiger partial charge in [-0.15, -0.1) is 0 Å². The SMILES string of the molecule is CCNCc1cccc(NC(=O)C2CCCCC2(C)N)c1. The van der Waals surface area contributed by atoms with Crippen LogP contribution < -0.4 is 16.4 Å². The zero-order chi connectivity index (χ0) is 15.3. The van der Waals surface area contributed by atoms with Crippen molar-refractivity contribution in [1.82, 2.24) is 5.32 Å². The molecule has 21 heavy (non-hydrogen) atoms. The van der Waals surface area contributed by atoms with Gasteiger partial charge in [-0.05, 0) is 44.0 Å². The molecule has 0 saturated heterocycles. The summed E-state index contributed by atoms with van der Waals surface area (Å²) in [4.78, 5) is 12.5. The molecule has 116 valence electrons. The van der Waals surface area contributed by atoms with Gasteiger partial charge in [-0.3, -0.25) is 4.79 Å². The van der Waals surface area contributed by atoms with E-state index in [-0.39, 0.29) is 17.4 Å².